The third kappa shape index (κ3) is 5.40. The first-order valence-corrected chi connectivity index (χ1v) is 15.1. The van der Waals surface area contributed by atoms with Crippen LogP contribution in [0, 0.1) is 6.92 Å². The first-order valence-electron chi connectivity index (χ1n) is 12.3. The number of aryl methyl sites for hydroxylation is 1. The fourth-order valence-electron chi connectivity index (χ4n) is 4.37. The first kappa shape index (κ1) is 26.9. The molecule has 4 heterocycles. The minimum atomic E-state index is -3.92. The lowest BCUT2D eigenvalue weighted by molar-refractivity contribution is -0.116. The molecule has 12 nitrogen and oxygen atoms in total. The molecule has 1 aliphatic heterocycles. The molecular formula is C26H21ClN8O4S2. The molecular weight excluding hydrogens is 588 g/mol. The van der Waals surface area contributed by atoms with Gasteiger partial charge in [-0.05, 0) is 61.5 Å². The summed E-state index contributed by atoms with van der Waals surface area (Å²) in [6.07, 6.45) is 2.97. The molecule has 0 radical (unpaired) electrons. The second kappa shape index (κ2) is 10.6. The smallest absolute Gasteiger partial charge is 0.265 e. The molecule has 6 rings (SSSR count). The summed E-state index contributed by atoms with van der Waals surface area (Å²) in [7, 11) is -3.92. The zero-order valence-corrected chi connectivity index (χ0v) is 23.7. The molecule has 1 unspecified atom stereocenters. The zero-order chi connectivity index (χ0) is 28.7. The Morgan fingerprint density at radius 1 is 1.10 bits per heavy atom. The molecule has 1 amide bonds. The third-order valence-electron chi connectivity index (χ3n) is 6.33. The van der Waals surface area contributed by atoms with Gasteiger partial charge in [0.2, 0.25) is 11.9 Å². The topological polar surface area (TPSA) is 154 Å². The summed E-state index contributed by atoms with van der Waals surface area (Å²) in [6.45, 7) is 1.73. The molecule has 41 heavy (non-hydrogen) atoms. The standard InChI is InChI=1S/C26H21ClN8O4S2/c1-15-10-11-28-25(30-15)33-41(38,39)20-8-4-17(5-9-20)31-22(36)12-19-14-40-26-32-23-21(24(37)34(19)26)13-29-35(23)18-6-2-16(27)3-7-18/h2-11,13,19H,12,14H2,1H3,(H,31,36)(H,28,30,33). The Labute approximate surface area is 242 Å². The molecule has 3 aromatic heterocycles. The molecule has 0 bridgehead atoms. The molecule has 2 aromatic carbocycles. The van der Waals surface area contributed by atoms with Crippen LogP contribution in [-0.4, -0.2) is 49.4 Å². The van der Waals surface area contributed by atoms with Gasteiger partial charge >= 0.3 is 0 Å². The predicted octanol–water partition coefficient (Wildman–Crippen LogP) is 3.81. The number of thioether (sulfide) groups is 1. The number of fused-ring (bicyclic) bond motifs is 2. The Balaban J connectivity index is 1.16. The van der Waals surface area contributed by atoms with Crippen LogP contribution in [0.2, 0.25) is 5.02 Å². The third-order valence-corrected chi connectivity index (χ3v) is 9.03. The van der Waals surface area contributed by atoms with E-state index in [0.29, 0.717) is 38.3 Å². The lowest BCUT2D eigenvalue weighted by atomic mass is 10.2. The Hall–Kier alpha value is -4.27. The van der Waals surface area contributed by atoms with E-state index in [2.05, 4.69) is 30.1 Å². The van der Waals surface area contributed by atoms with Crippen molar-refractivity contribution in [3.63, 3.8) is 0 Å². The highest BCUT2D eigenvalue weighted by Gasteiger charge is 2.29. The molecule has 0 fully saturated rings. The van der Waals surface area contributed by atoms with Gasteiger partial charge < -0.3 is 5.32 Å². The van der Waals surface area contributed by atoms with Crippen LogP contribution in [0.1, 0.15) is 18.2 Å². The van der Waals surface area contributed by atoms with Crippen LogP contribution in [-0.2, 0) is 14.8 Å². The minimum Gasteiger partial charge on any atom is -0.326 e. The summed E-state index contributed by atoms with van der Waals surface area (Å²) in [4.78, 5) is 38.9. The number of nitrogens with one attached hydrogen (secondary N) is 2. The molecule has 0 aliphatic carbocycles. The molecule has 1 atom stereocenters. The molecule has 0 saturated carbocycles. The van der Waals surface area contributed by atoms with E-state index < -0.39 is 16.1 Å². The summed E-state index contributed by atoms with van der Waals surface area (Å²) in [5.74, 6) is 0.145. The number of carbonyl (C=O) groups excluding carboxylic acids is 1. The van der Waals surface area contributed by atoms with Crippen molar-refractivity contribution < 1.29 is 13.2 Å². The van der Waals surface area contributed by atoms with Gasteiger partial charge in [-0.25, -0.2) is 32.8 Å². The van der Waals surface area contributed by atoms with Crippen LogP contribution in [0.4, 0.5) is 11.6 Å². The van der Waals surface area contributed by atoms with E-state index in [1.54, 1.807) is 41.9 Å². The van der Waals surface area contributed by atoms with Gasteiger partial charge in [0, 0.05) is 34.8 Å². The number of sulfonamides is 1. The van der Waals surface area contributed by atoms with Gasteiger partial charge in [-0.3, -0.25) is 14.2 Å². The van der Waals surface area contributed by atoms with Crippen molar-refractivity contribution in [1.82, 2.24) is 29.3 Å². The van der Waals surface area contributed by atoms with Gasteiger partial charge in [-0.15, -0.1) is 0 Å². The molecule has 0 spiro atoms. The van der Waals surface area contributed by atoms with Crippen molar-refractivity contribution >= 4 is 62.0 Å². The Morgan fingerprint density at radius 2 is 1.85 bits per heavy atom. The van der Waals surface area contributed by atoms with E-state index in [1.165, 1.54) is 53.0 Å². The number of halogens is 1. The van der Waals surface area contributed by atoms with Crippen LogP contribution in [0.25, 0.3) is 16.7 Å². The number of aromatic nitrogens is 6. The van der Waals surface area contributed by atoms with E-state index in [-0.39, 0.29) is 28.7 Å². The summed E-state index contributed by atoms with van der Waals surface area (Å²) < 4.78 is 30.8. The average Bonchev–Trinajstić information content (AvgIpc) is 3.54. The van der Waals surface area contributed by atoms with Gasteiger partial charge in [-0.2, -0.15) is 5.10 Å². The highest BCUT2D eigenvalue weighted by molar-refractivity contribution is 7.99. The minimum absolute atomic E-state index is 0.0116. The number of hydrogen-bond donors (Lipinski definition) is 2. The largest absolute Gasteiger partial charge is 0.326 e. The van der Waals surface area contributed by atoms with Crippen LogP contribution in [0.5, 0.6) is 0 Å². The summed E-state index contributed by atoms with van der Waals surface area (Å²) in [5, 5.41) is 8.56. The number of amides is 1. The SMILES string of the molecule is Cc1ccnc(NS(=O)(=O)c2ccc(NC(=O)CC3CSc4nc5c(cnn5-c5ccc(Cl)cc5)c(=O)n43)cc2)n1. The van der Waals surface area contributed by atoms with Crippen molar-refractivity contribution in [2.75, 3.05) is 15.8 Å². The number of hydrogen-bond acceptors (Lipinski definition) is 9. The van der Waals surface area contributed by atoms with Crippen molar-refractivity contribution in [3.05, 3.63) is 88.1 Å². The average molecular weight is 609 g/mol. The zero-order valence-electron chi connectivity index (χ0n) is 21.4. The molecule has 1 aliphatic rings. The highest BCUT2D eigenvalue weighted by Crippen LogP contribution is 2.33. The fraction of sp³-hybridized carbons (Fsp3) is 0.154. The number of nitrogens with zero attached hydrogens (tertiary/aromatic N) is 6. The van der Waals surface area contributed by atoms with E-state index in [0.717, 1.165) is 5.69 Å². The van der Waals surface area contributed by atoms with Gasteiger partial charge in [0.25, 0.3) is 15.6 Å². The van der Waals surface area contributed by atoms with E-state index in [4.69, 9.17) is 11.6 Å². The maximum atomic E-state index is 13.4. The number of anilines is 2. The van der Waals surface area contributed by atoms with Crippen LogP contribution >= 0.6 is 23.4 Å². The van der Waals surface area contributed by atoms with Gasteiger partial charge in [0.15, 0.2) is 10.8 Å². The Kier molecular flexibility index (Phi) is 6.97. The maximum Gasteiger partial charge on any atom is 0.265 e. The summed E-state index contributed by atoms with van der Waals surface area (Å²) in [6, 6.07) is 14.0. The van der Waals surface area contributed by atoms with Crippen LogP contribution in [0.15, 0.2) is 81.8 Å². The number of rotatable bonds is 7. The molecule has 208 valence electrons. The summed E-state index contributed by atoms with van der Waals surface area (Å²) >= 11 is 7.39. The molecule has 15 heteroatoms. The van der Waals surface area contributed by atoms with Gasteiger partial charge in [0.05, 0.1) is 22.8 Å². The van der Waals surface area contributed by atoms with Gasteiger partial charge in [-0.1, -0.05) is 23.4 Å². The Bertz CT molecular complexity index is 1960. The van der Waals surface area contributed by atoms with Crippen molar-refractivity contribution in [2.45, 2.75) is 29.4 Å². The first-order chi connectivity index (χ1) is 19.7. The fourth-order valence-corrected chi connectivity index (χ4v) is 6.58. The monoisotopic (exact) mass is 608 g/mol. The van der Waals surface area contributed by atoms with Crippen LogP contribution in [0.3, 0.4) is 0 Å². The number of carbonyl (C=O) groups is 1. The number of benzene rings is 2. The van der Waals surface area contributed by atoms with Crippen molar-refractivity contribution in [2.24, 2.45) is 0 Å². The lowest BCUT2D eigenvalue weighted by Gasteiger charge is -2.14. The molecule has 5 aromatic rings. The normalized spacial score (nSPS) is 14.6. The molecule has 2 N–H and O–H groups in total. The quantitative estimate of drug-likeness (QED) is 0.262. The second-order valence-corrected chi connectivity index (χ2v) is 12.3. The summed E-state index contributed by atoms with van der Waals surface area (Å²) in [5.41, 5.74) is 1.91. The van der Waals surface area contributed by atoms with Crippen molar-refractivity contribution in [1.29, 1.82) is 0 Å². The predicted molar refractivity (Wildman–Crippen MR) is 155 cm³/mol. The molecule has 0 saturated heterocycles. The lowest BCUT2D eigenvalue weighted by Crippen LogP contribution is -2.27. The maximum absolute atomic E-state index is 13.4. The van der Waals surface area contributed by atoms with Crippen LogP contribution < -0.4 is 15.6 Å². The van der Waals surface area contributed by atoms with E-state index >= 15 is 0 Å². The van der Waals surface area contributed by atoms with Crippen molar-refractivity contribution in [3.8, 4) is 5.69 Å². The van der Waals surface area contributed by atoms with Gasteiger partial charge in [0.1, 0.15) is 5.39 Å². The highest BCUT2D eigenvalue weighted by atomic mass is 35.5. The second-order valence-electron chi connectivity index (χ2n) is 9.21. The van der Waals surface area contributed by atoms with E-state index in [1.807, 2.05) is 0 Å². The Morgan fingerprint density at radius 3 is 2.59 bits per heavy atom. The van der Waals surface area contributed by atoms with E-state index in [9.17, 15) is 18.0 Å².